The molecule has 0 radical (unpaired) electrons. The molecular weight excluding hydrogens is 385 g/mol. The fourth-order valence-electron chi connectivity index (χ4n) is 4.17. The van der Waals surface area contributed by atoms with Gasteiger partial charge in [-0.05, 0) is 50.9 Å². The highest BCUT2D eigenvalue weighted by Crippen LogP contribution is 2.29. The Kier molecular flexibility index (Phi) is 10.6. The zero-order chi connectivity index (χ0) is 17.5. The number of nitrogens with one attached hydrogen (secondary N) is 2. The third-order valence-electron chi connectivity index (χ3n) is 5.69. The lowest BCUT2D eigenvalue weighted by Gasteiger charge is -2.36. The number of carbonyl (C=O) groups excluding carboxylic acids is 1. The molecule has 1 amide bonds. The number of likely N-dealkylation sites (tertiary alicyclic amines) is 1. The Morgan fingerprint density at radius 2 is 1.96 bits per heavy atom. The molecule has 2 aliphatic heterocycles. The van der Waals surface area contributed by atoms with E-state index >= 15 is 0 Å². The summed E-state index contributed by atoms with van der Waals surface area (Å²) in [6, 6.07) is 11.0. The molecule has 0 aliphatic carbocycles. The first-order valence-corrected chi connectivity index (χ1v) is 9.49. The predicted molar refractivity (Wildman–Crippen MR) is 114 cm³/mol. The zero-order valence-electron chi connectivity index (χ0n) is 16.1. The number of hydrogen-bond acceptors (Lipinski definition) is 4. The maximum atomic E-state index is 12.9. The number of methoxy groups -OCH3 is 1. The van der Waals surface area contributed by atoms with Gasteiger partial charge in [-0.1, -0.05) is 30.3 Å². The lowest BCUT2D eigenvalue weighted by Crippen LogP contribution is -2.52. The van der Waals surface area contributed by atoms with E-state index in [9.17, 15) is 4.79 Å². The summed E-state index contributed by atoms with van der Waals surface area (Å²) in [6.45, 7) is 5.11. The van der Waals surface area contributed by atoms with Gasteiger partial charge in [0, 0.05) is 26.2 Å². The fraction of sp³-hybridized carbons (Fsp3) is 0.650. The monoisotopic (exact) mass is 417 g/mol. The molecule has 1 unspecified atom stereocenters. The second kappa shape index (κ2) is 11.9. The average Bonchev–Trinajstić information content (AvgIpc) is 3.08. The van der Waals surface area contributed by atoms with E-state index in [-0.39, 0.29) is 36.1 Å². The summed E-state index contributed by atoms with van der Waals surface area (Å²) in [7, 11) is 1.69. The van der Waals surface area contributed by atoms with Gasteiger partial charge in [-0.25, -0.2) is 0 Å². The first-order chi connectivity index (χ1) is 12.2. The van der Waals surface area contributed by atoms with Crippen molar-refractivity contribution >= 4 is 30.7 Å². The summed E-state index contributed by atoms with van der Waals surface area (Å²) in [5.41, 5.74) is 0.984. The van der Waals surface area contributed by atoms with Crippen LogP contribution in [0, 0.1) is 5.41 Å². The van der Waals surface area contributed by atoms with E-state index in [0.29, 0.717) is 12.6 Å². The smallest absolute Gasteiger partial charge is 0.228 e. The minimum Gasteiger partial charge on any atom is -0.384 e. The highest BCUT2D eigenvalue weighted by molar-refractivity contribution is 5.85. The Morgan fingerprint density at radius 1 is 1.26 bits per heavy atom. The molecule has 0 spiro atoms. The van der Waals surface area contributed by atoms with Crippen LogP contribution in [0.1, 0.15) is 31.2 Å². The van der Waals surface area contributed by atoms with Gasteiger partial charge in [0.25, 0.3) is 0 Å². The van der Waals surface area contributed by atoms with Crippen LogP contribution < -0.4 is 10.6 Å². The van der Waals surface area contributed by atoms with Gasteiger partial charge < -0.3 is 15.4 Å². The number of carbonyl (C=O) groups is 1. The van der Waals surface area contributed by atoms with Crippen LogP contribution in [0.4, 0.5) is 0 Å². The molecule has 0 bridgehead atoms. The molecule has 2 fully saturated rings. The first kappa shape index (κ1) is 24.2. The minimum atomic E-state index is -0.358. The summed E-state index contributed by atoms with van der Waals surface area (Å²) in [5.74, 6) is 0.169. The van der Waals surface area contributed by atoms with Gasteiger partial charge in [-0.15, -0.1) is 24.8 Å². The molecule has 154 valence electrons. The van der Waals surface area contributed by atoms with Crippen LogP contribution in [-0.2, 0) is 16.1 Å². The van der Waals surface area contributed by atoms with Crippen molar-refractivity contribution in [1.29, 1.82) is 0 Å². The number of nitrogens with zero attached hydrogens (tertiary/aromatic N) is 1. The summed E-state index contributed by atoms with van der Waals surface area (Å²) in [5, 5.41) is 6.59. The largest absolute Gasteiger partial charge is 0.384 e. The Morgan fingerprint density at radius 3 is 2.63 bits per heavy atom. The van der Waals surface area contributed by atoms with Crippen LogP contribution in [0.25, 0.3) is 0 Å². The number of piperidine rings is 1. The van der Waals surface area contributed by atoms with Crippen molar-refractivity contribution in [3.05, 3.63) is 35.9 Å². The quantitative estimate of drug-likeness (QED) is 0.715. The van der Waals surface area contributed by atoms with Crippen LogP contribution >= 0.6 is 24.8 Å². The van der Waals surface area contributed by atoms with E-state index in [1.54, 1.807) is 7.11 Å². The Hall–Kier alpha value is -0.850. The van der Waals surface area contributed by atoms with Crippen LogP contribution in [0.3, 0.4) is 0 Å². The van der Waals surface area contributed by atoms with E-state index in [2.05, 4.69) is 45.9 Å². The van der Waals surface area contributed by atoms with E-state index in [4.69, 9.17) is 4.74 Å². The SMILES string of the molecule is COCC1(C(=O)NCC2CCCN2Cc2ccccc2)CCNCC1.Cl.Cl. The Bertz CT molecular complexity index is 548. The van der Waals surface area contributed by atoms with Crippen molar-refractivity contribution in [1.82, 2.24) is 15.5 Å². The molecule has 1 aromatic carbocycles. The molecule has 0 saturated carbocycles. The van der Waals surface area contributed by atoms with Gasteiger partial charge in [0.05, 0.1) is 12.0 Å². The predicted octanol–water partition coefficient (Wildman–Crippen LogP) is 2.63. The highest BCUT2D eigenvalue weighted by atomic mass is 35.5. The standard InChI is InChI=1S/C20H31N3O2.2ClH/c1-25-16-20(9-11-21-12-10-20)19(24)22-14-18-8-5-13-23(18)15-17-6-3-2-4-7-17;;/h2-4,6-7,18,21H,5,8-16H2,1H3,(H,22,24);2*1H. The van der Waals surface area contributed by atoms with Crippen molar-refractivity contribution in [3.8, 4) is 0 Å². The lowest BCUT2D eigenvalue weighted by molar-refractivity contribution is -0.136. The molecule has 2 aliphatic rings. The van der Waals surface area contributed by atoms with Gasteiger partial charge in [0.2, 0.25) is 5.91 Å². The average molecular weight is 418 g/mol. The first-order valence-electron chi connectivity index (χ1n) is 9.49. The number of amides is 1. The van der Waals surface area contributed by atoms with E-state index in [1.807, 2.05) is 0 Å². The molecule has 5 nitrogen and oxygen atoms in total. The minimum absolute atomic E-state index is 0. The Labute approximate surface area is 175 Å². The molecule has 27 heavy (non-hydrogen) atoms. The van der Waals surface area contributed by atoms with E-state index in [1.165, 1.54) is 12.0 Å². The van der Waals surface area contributed by atoms with Crippen molar-refractivity contribution in [2.45, 2.75) is 38.3 Å². The molecule has 1 atom stereocenters. The summed E-state index contributed by atoms with van der Waals surface area (Å²) in [4.78, 5) is 15.4. The van der Waals surface area contributed by atoms with E-state index in [0.717, 1.165) is 52.0 Å². The van der Waals surface area contributed by atoms with Crippen molar-refractivity contribution in [2.24, 2.45) is 5.41 Å². The third kappa shape index (κ3) is 6.33. The molecule has 0 aromatic heterocycles. The molecule has 3 rings (SSSR count). The van der Waals surface area contributed by atoms with Crippen molar-refractivity contribution in [2.75, 3.05) is 39.9 Å². The van der Waals surface area contributed by atoms with Crippen LogP contribution in [-0.4, -0.2) is 56.7 Å². The van der Waals surface area contributed by atoms with Crippen LogP contribution in [0.15, 0.2) is 30.3 Å². The van der Waals surface area contributed by atoms with Gasteiger partial charge in [-0.2, -0.15) is 0 Å². The summed E-state index contributed by atoms with van der Waals surface area (Å²) in [6.07, 6.45) is 4.07. The zero-order valence-corrected chi connectivity index (χ0v) is 17.7. The molecular formula is C20H33Cl2N3O2. The van der Waals surface area contributed by atoms with E-state index < -0.39 is 0 Å². The lowest BCUT2D eigenvalue weighted by atomic mass is 9.78. The fourth-order valence-corrected chi connectivity index (χ4v) is 4.17. The van der Waals surface area contributed by atoms with Crippen LogP contribution in [0.2, 0.25) is 0 Å². The summed E-state index contributed by atoms with van der Waals surface area (Å²) < 4.78 is 5.38. The number of ether oxygens (including phenoxy) is 1. The van der Waals surface area contributed by atoms with Crippen molar-refractivity contribution < 1.29 is 9.53 Å². The summed E-state index contributed by atoms with van der Waals surface area (Å²) >= 11 is 0. The molecule has 2 N–H and O–H groups in total. The second-order valence-corrected chi connectivity index (χ2v) is 7.43. The number of halogens is 2. The van der Waals surface area contributed by atoms with Gasteiger partial charge in [-0.3, -0.25) is 9.69 Å². The van der Waals surface area contributed by atoms with Gasteiger partial charge in [0.15, 0.2) is 0 Å². The molecule has 2 saturated heterocycles. The molecule has 1 aromatic rings. The highest BCUT2D eigenvalue weighted by Gasteiger charge is 2.40. The second-order valence-electron chi connectivity index (χ2n) is 7.43. The number of rotatable bonds is 7. The number of benzene rings is 1. The molecule has 2 heterocycles. The maximum Gasteiger partial charge on any atom is 0.228 e. The topological polar surface area (TPSA) is 53.6 Å². The maximum absolute atomic E-state index is 12.9. The van der Waals surface area contributed by atoms with Gasteiger partial charge >= 0.3 is 0 Å². The van der Waals surface area contributed by atoms with Gasteiger partial charge in [0.1, 0.15) is 0 Å². The number of hydrogen-bond donors (Lipinski definition) is 2. The van der Waals surface area contributed by atoms with Crippen LogP contribution in [0.5, 0.6) is 0 Å². The molecule has 7 heteroatoms. The van der Waals surface area contributed by atoms with Crippen molar-refractivity contribution in [3.63, 3.8) is 0 Å². The normalized spacial score (nSPS) is 21.7. The Balaban J connectivity index is 0.00000182. The third-order valence-corrected chi connectivity index (χ3v) is 5.69.